The zero-order chi connectivity index (χ0) is 14.5. The summed E-state index contributed by atoms with van der Waals surface area (Å²) >= 11 is 14.0. The molecule has 1 N–H and O–H groups in total. The lowest BCUT2D eigenvalue weighted by Gasteiger charge is -2.10. The molecule has 1 aromatic heterocycles. The van der Waals surface area contributed by atoms with Crippen LogP contribution < -0.4 is 9.47 Å². The molecule has 0 saturated heterocycles. The molecular formula is C13H10Cl2INO3. The Morgan fingerprint density at radius 1 is 1.20 bits per heavy atom. The van der Waals surface area contributed by atoms with Gasteiger partial charge in [-0.15, -0.1) is 0 Å². The molecule has 0 aliphatic heterocycles. The van der Waals surface area contributed by atoms with Gasteiger partial charge in [0.1, 0.15) is 18.1 Å². The minimum atomic E-state index is -0.0524. The van der Waals surface area contributed by atoms with E-state index in [4.69, 9.17) is 37.8 Å². The van der Waals surface area contributed by atoms with Gasteiger partial charge in [-0.2, -0.15) is 0 Å². The number of nitrogens with zero attached hydrogens (tertiary/aromatic N) is 1. The number of ether oxygens (including phenoxy) is 2. The van der Waals surface area contributed by atoms with Crippen molar-refractivity contribution in [1.29, 1.82) is 0 Å². The van der Waals surface area contributed by atoms with Gasteiger partial charge in [0.05, 0.1) is 20.2 Å². The summed E-state index contributed by atoms with van der Waals surface area (Å²) in [5.41, 5.74) is 0. The number of rotatable bonds is 5. The second-order valence-electron chi connectivity index (χ2n) is 3.70. The number of halogens is 3. The van der Waals surface area contributed by atoms with E-state index >= 15 is 0 Å². The molecule has 0 spiro atoms. The molecule has 2 rings (SSSR count). The Morgan fingerprint density at radius 3 is 2.70 bits per heavy atom. The molecule has 0 unspecified atom stereocenters. The van der Waals surface area contributed by atoms with Crippen LogP contribution in [0.3, 0.4) is 0 Å². The lowest BCUT2D eigenvalue weighted by Crippen LogP contribution is -2.01. The van der Waals surface area contributed by atoms with Crippen LogP contribution in [0.1, 0.15) is 0 Å². The number of aliphatic hydroxyl groups excluding tert-OH is 1. The summed E-state index contributed by atoms with van der Waals surface area (Å²) in [4.78, 5) is 4.09. The molecule has 1 aromatic carbocycles. The van der Waals surface area contributed by atoms with Crippen molar-refractivity contribution in [2.45, 2.75) is 0 Å². The highest BCUT2D eigenvalue weighted by atomic mass is 127. The van der Waals surface area contributed by atoms with E-state index in [1.165, 1.54) is 0 Å². The lowest BCUT2D eigenvalue weighted by molar-refractivity contribution is 0.201. The number of hydrogen-bond acceptors (Lipinski definition) is 4. The van der Waals surface area contributed by atoms with Gasteiger partial charge in [-0.05, 0) is 34.7 Å². The van der Waals surface area contributed by atoms with E-state index in [1.807, 2.05) is 0 Å². The van der Waals surface area contributed by atoms with E-state index in [2.05, 4.69) is 27.6 Å². The van der Waals surface area contributed by atoms with Crippen molar-refractivity contribution in [2.75, 3.05) is 13.2 Å². The van der Waals surface area contributed by atoms with E-state index < -0.39 is 0 Å². The topological polar surface area (TPSA) is 51.6 Å². The molecule has 0 saturated carbocycles. The number of hydrogen-bond donors (Lipinski definition) is 1. The zero-order valence-corrected chi connectivity index (χ0v) is 13.8. The van der Waals surface area contributed by atoms with Crippen LogP contribution in [0.4, 0.5) is 0 Å². The van der Waals surface area contributed by atoms with Crippen LogP contribution in [-0.2, 0) is 0 Å². The van der Waals surface area contributed by atoms with Crippen LogP contribution in [-0.4, -0.2) is 23.3 Å². The average molecular weight is 426 g/mol. The van der Waals surface area contributed by atoms with Crippen molar-refractivity contribution in [3.63, 3.8) is 0 Å². The van der Waals surface area contributed by atoms with Crippen molar-refractivity contribution in [1.82, 2.24) is 4.98 Å². The number of aromatic nitrogens is 1. The maximum Gasteiger partial charge on any atom is 0.222 e. The molecule has 7 heteroatoms. The third-order valence-corrected chi connectivity index (χ3v) is 3.82. The Bertz CT molecular complexity index is 610. The molecule has 0 radical (unpaired) electrons. The molecule has 0 amide bonds. The van der Waals surface area contributed by atoms with Gasteiger partial charge in [-0.3, -0.25) is 0 Å². The predicted molar refractivity (Wildman–Crippen MR) is 86.1 cm³/mol. The normalized spacial score (nSPS) is 10.4. The van der Waals surface area contributed by atoms with Crippen LogP contribution in [0.2, 0.25) is 10.0 Å². The molecule has 106 valence electrons. The summed E-state index contributed by atoms with van der Waals surface area (Å²) < 4.78 is 11.8. The van der Waals surface area contributed by atoms with Gasteiger partial charge in [0.2, 0.25) is 5.88 Å². The minimum Gasteiger partial charge on any atom is -0.491 e. The average Bonchev–Trinajstić information content (AvgIpc) is 2.43. The molecule has 0 atom stereocenters. The fourth-order valence-corrected chi connectivity index (χ4v) is 2.47. The Balaban J connectivity index is 2.19. The van der Waals surface area contributed by atoms with E-state index in [1.54, 1.807) is 30.5 Å². The van der Waals surface area contributed by atoms with Gasteiger partial charge >= 0.3 is 0 Å². The monoisotopic (exact) mass is 425 g/mol. The van der Waals surface area contributed by atoms with Crippen molar-refractivity contribution in [3.05, 3.63) is 44.1 Å². The number of pyridine rings is 1. The molecule has 0 aliphatic carbocycles. The van der Waals surface area contributed by atoms with Gasteiger partial charge in [0, 0.05) is 18.3 Å². The highest BCUT2D eigenvalue weighted by Crippen LogP contribution is 2.34. The van der Waals surface area contributed by atoms with Crippen molar-refractivity contribution in [3.8, 4) is 17.4 Å². The summed E-state index contributed by atoms with van der Waals surface area (Å²) in [5.74, 6) is 1.50. The predicted octanol–water partition coefficient (Wildman–Crippen LogP) is 4.16. The first-order valence-corrected chi connectivity index (χ1v) is 7.45. The van der Waals surface area contributed by atoms with Gasteiger partial charge in [-0.25, -0.2) is 4.98 Å². The maximum absolute atomic E-state index is 8.72. The van der Waals surface area contributed by atoms with Gasteiger partial charge in [-0.1, -0.05) is 23.2 Å². The molecule has 1 heterocycles. The fraction of sp³-hybridized carbons (Fsp3) is 0.154. The van der Waals surface area contributed by atoms with E-state index in [0.29, 0.717) is 27.4 Å². The molecule has 4 nitrogen and oxygen atoms in total. The Morgan fingerprint density at radius 2 is 1.95 bits per heavy atom. The smallest absolute Gasteiger partial charge is 0.222 e. The van der Waals surface area contributed by atoms with Crippen molar-refractivity contribution < 1.29 is 14.6 Å². The first kappa shape index (κ1) is 15.6. The van der Waals surface area contributed by atoms with Gasteiger partial charge in [0.25, 0.3) is 0 Å². The lowest BCUT2D eigenvalue weighted by atomic mass is 10.3. The van der Waals surface area contributed by atoms with Crippen molar-refractivity contribution >= 4 is 45.8 Å². The van der Waals surface area contributed by atoms with Gasteiger partial charge in [0.15, 0.2) is 0 Å². The Kier molecular flexibility index (Phi) is 5.71. The Hall–Kier alpha value is -0.760. The minimum absolute atomic E-state index is 0.0524. The molecule has 2 aromatic rings. The summed E-state index contributed by atoms with van der Waals surface area (Å²) in [7, 11) is 0. The number of benzene rings is 1. The highest BCUT2D eigenvalue weighted by molar-refractivity contribution is 14.1. The highest BCUT2D eigenvalue weighted by Gasteiger charge is 2.09. The van der Waals surface area contributed by atoms with E-state index in [9.17, 15) is 0 Å². The quantitative estimate of drug-likeness (QED) is 0.577. The SMILES string of the molecule is OCCOc1ccnc(Oc2cc(Cl)c(Cl)cc2I)c1. The molecule has 0 bridgehead atoms. The van der Waals surface area contributed by atoms with Crippen LogP contribution >= 0.6 is 45.8 Å². The fourth-order valence-electron chi connectivity index (χ4n) is 1.40. The van der Waals surface area contributed by atoms with Crippen LogP contribution in [0.5, 0.6) is 17.4 Å². The second kappa shape index (κ2) is 7.31. The Labute approximate surface area is 139 Å². The number of aliphatic hydroxyl groups is 1. The molecule has 0 aliphatic rings. The van der Waals surface area contributed by atoms with Crippen LogP contribution in [0, 0.1) is 3.57 Å². The first-order valence-electron chi connectivity index (χ1n) is 5.62. The first-order chi connectivity index (χ1) is 9.60. The van der Waals surface area contributed by atoms with Crippen LogP contribution in [0.25, 0.3) is 0 Å². The third kappa shape index (κ3) is 4.12. The zero-order valence-electron chi connectivity index (χ0n) is 10.1. The summed E-state index contributed by atoms with van der Waals surface area (Å²) in [6.45, 7) is 0.164. The summed E-state index contributed by atoms with van der Waals surface area (Å²) in [6.07, 6.45) is 1.56. The largest absolute Gasteiger partial charge is 0.491 e. The van der Waals surface area contributed by atoms with Gasteiger partial charge < -0.3 is 14.6 Å². The maximum atomic E-state index is 8.72. The summed E-state index contributed by atoms with van der Waals surface area (Å²) in [6, 6.07) is 6.66. The summed E-state index contributed by atoms with van der Waals surface area (Å²) in [5, 5.41) is 9.61. The molecule has 20 heavy (non-hydrogen) atoms. The van der Waals surface area contributed by atoms with E-state index in [-0.39, 0.29) is 13.2 Å². The van der Waals surface area contributed by atoms with Crippen molar-refractivity contribution in [2.24, 2.45) is 0 Å². The molecular weight excluding hydrogens is 416 g/mol. The molecule has 0 fully saturated rings. The third-order valence-electron chi connectivity index (χ3n) is 2.26. The van der Waals surface area contributed by atoms with Crippen LogP contribution in [0.15, 0.2) is 30.5 Å². The van der Waals surface area contributed by atoms with E-state index in [0.717, 1.165) is 3.57 Å². The second-order valence-corrected chi connectivity index (χ2v) is 5.68. The standard InChI is InChI=1S/C13H10Cl2INO3/c14-9-6-11(16)12(7-10(9)15)20-13-5-8(1-2-17-13)19-4-3-18/h1-2,5-7,18H,3-4H2.